The van der Waals surface area contributed by atoms with E-state index >= 15 is 0 Å². The Morgan fingerprint density at radius 3 is 2.42 bits per heavy atom. The Hall–Kier alpha value is -2.06. The number of benzene rings is 1. The van der Waals surface area contributed by atoms with Gasteiger partial charge in [0.15, 0.2) is 5.79 Å². The molecular weight excluding hydrogens is 348 g/mol. The van der Waals surface area contributed by atoms with Gasteiger partial charge in [0.1, 0.15) is 11.6 Å². The van der Waals surface area contributed by atoms with Crippen LogP contribution in [0.15, 0.2) is 18.2 Å². The van der Waals surface area contributed by atoms with Gasteiger partial charge in [-0.15, -0.1) is 0 Å². The highest BCUT2D eigenvalue weighted by Gasteiger charge is 2.59. The van der Waals surface area contributed by atoms with Crippen LogP contribution in [0.25, 0.3) is 0 Å². The molecule has 1 aromatic carbocycles. The normalized spacial score (nSPS) is 30.5. The molecule has 1 saturated carbocycles. The predicted octanol–water partition coefficient (Wildman–Crippen LogP) is 2.32. The zero-order valence-electron chi connectivity index (χ0n) is 14.0. The number of carbonyl (C=O) groups is 2. The summed E-state index contributed by atoms with van der Waals surface area (Å²) in [6, 6.07) is 2.96. The number of carboxylic acids is 1. The second kappa shape index (κ2) is 5.99. The first-order valence-electron chi connectivity index (χ1n) is 8.61. The number of hydrogen-bond acceptors (Lipinski definition) is 4. The second-order valence-corrected chi connectivity index (χ2v) is 7.34. The van der Waals surface area contributed by atoms with Crippen molar-refractivity contribution in [2.24, 2.45) is 11.3 Å². The molecule has 2 atom stereocenters. The molecule has 2 unspecified atom stereocenters. The fourth-order valence-electron chi connectivity index (χ4n) is 4.59. The number of halogens is 2. The second-order valence-electron chi connectivity index (χ2n) is 7.34. The van der Waals surface area contributed by atoms with E-state index in [9.17, 15) is 23.5 Å². The van der Waals surface area contributed by atoms with Crippen molar-refractivity contribution >= 4 is 17.6 Å². The Kier molecular flexibility index (Phi) is 4.00. The summed E-state index contributed by atoms with van der Waals surface area (Å²) in [6.45, 7) is 0.981. The molecule has 0 radical (unpaired) electrons. The van der Waals surface area contributed by atoms with E-state index in [1.54, 1.807) is 0 Å². The molecule has 3 fully saturated rings. The topological polar surface area (TPSA) is 76.1 Å². The van der Waals surface area contributed by atoms with Crippen molar-refractivity contribution in [3.8, 4) is 0 Å². The first-order chi connectivity index (χ1) is 12.3. The van der Waals surface area contributed by atoms with E-state index in [-0.39, 0.29) is 37.4 Å². The zero-order chi connectivity index (χ0) is 18.5. The third-order valence-corrected chi connectivity index (χ3v) is 5.64. The van der Waals surface area contributed by atoms with Gasteiger partial charge in [-0.1, -0.05) is 0 Å². The minimum Gasteiger partial charge on any atom is -0.481 e. The molecule has 6 nitrogen and oxygen atoms in total. The third kappa shape index (κ3) is 2.77. The molecule has 4 rings (SSSR count). The van der Waals surface area contributed by atoms with Gasteiger partial charge >= 0.3 is 5.97 Å². The fourth-order valence-corrected chi connectivity index (χ4v) is 4.59. The first-order valence-corrected chi connectivity index (χ1v) is 8.61. The van der Waals surface area contributed by atoms with Gasteiger partial charge in [0.05, 0.1) is 24.5 Å². The number of carbonyl (C=O) groups excluding carboxylic acids is 1. The van der Waals surface area contributed by atoms with Gasteiger partial charge in [0.2, 0.25) is 5.91 Å². The highest BCUT2D eigenvalue weighted by Crippen LogP contribution is 2.53. The number of nitrogens with zero attached hydrogens (tertiary/aromatic N) is 1. The van der Waals surface area contributed by atoms with Crippen LogP contribution in [0.3, 0.4) is 0 Å². The van der Waals surface area contributed by atoms with Crippen molar-refractivity contribution in [3.05, 3.63) is 29.8 Å². The van der Waals surface area contributed by atoms with E-state index in [1.165, 1.54) is 4.90 Å². The van der Waals surface area contributed by atoms with E-state index in [2.05, 4.69) is 0 Å². The van der Waals surface area contributed by atoms with Crippen LogP contribution < -0.4 is 4.90 Å². The molecule has 8 heteroatoms. The Balaban J connectivity index is 1.67. The lowest BCUT2D eigenvalue weighted by atomic mass is 9.66. The molecule has 2 spiro atoms. The van der Waals surface area contributed by atoms with E-state index in [0.717, 1.165) is 18.2 Å². The summed E-state index contributed by atoms with van der Waals surface area (Å²) in [5.41, 5.74) is -0.821. The molecule has 0 aromatic heterocycles. The molecule has 1 amide bonds. The molecule has 1 aliphatic carbocycles. The minimum absolute atomic E-state index is 0.143. The van der Waals surface area contributed by atoms with Crippen LogP contribution in [-0.4, -0.2) is 42.5 Å². The number of ether oxygens (including phenoxy) is 2. The smallest absolute Gasteiger partial charge is 0.306 e. The summed E-state index contributed by atoms with van der Waals surface area (Å²) in [4.78, 5) is 26.2. The van der Waals surface area contributed by atoms with Crippen molar-refractivity contribution in [1.82, 2.24) is 0 Å². The van der Waals surface area contributed by atoms with Crippen molar-refractivity contribution < 1.29 is 33.0 Å². The molecule has 1 aromatic rings. The highest BCUT2D eigenvalue weighted by molar-refractivity contribution is 6.00. The van der Waals surface area contributed by atoms with E-state index < -0.39 is 34.7 Å². The Bertz CT molecular complexity index is 744. The van der Waals surface area contributed by atoms with Gasteiger partial charge in [-0.2, -0.15) is 0 Å². The molecule has 2 saturated heterocycles. The average Bonchev–Trinajstić information content (AvgIpc) is 3.12. The molecule has 2 heterocycles. The van der Waals surface area contributed by atoms with Crippen LogP contribution in [0.5, 0.6) is 0 Å². The summed E-state index contributed by atoms with van der Waals surface area (Å²) >= 11 is 0. The molecular formula is C18H19F2NO5. The zero-order valence-corrected chi connectivity index (χ0v) is 14.0. The number of rotatable bonds is 2. The van der Waals surface area contributed by atoms with Crippen LogP contribution in [0.2, 0.25) is 0 Å². The van der Waals surface area contributed by atoms with Gasteiger partial charge < -0.3 is 19.5 Å². The van der Waals surface area contributed by atoms with E-state index in [0.29, 0.717) is 19.6 Å². The van der Waals surface area contributed by atoms with E-state index in [1.807, 2.05) is 0 Å². The van der Waals surface area contributed by atoms with Crippen LogP contribution in [-0.2, 0) is 19.1 Å². The Morgan fingerprint density at radius 2 is 1.81 bits per heavy atom. The van der Waals surface area contributed by atoms with Gasteiger partial charge in [0.25, 0.3) is 0 Å². The number of anilines is 1. The number of aliphatic carboxylic acids is 1. The SMILES string of the molecule is O=C(O)C1CC2(CC3(CCN(c4cc(F)cc(F)c4)C3=O)C1)OCCO2. The van der Waals surface area contributed by atoms with Gasteiger partial charge in [0, 0.05) is 31.1 Å². The molecule has 2 aliphatic heterocycles. The molecule has 26 heavy (non-hydrogen) atoms. The largest absolute Gasteiger partial charge is 0.481 e. The summed E-state index contributed by atoms with van der Waals surface area (Å²) in [5.74, 6) is -4.69. The lowest BCUT2D eigenvalue weighted by molar-refractivity contribution is -0.215. The minimum atomic E-state index is -1.07. The summed E-state index contributed by atoms with van der Waals surface area (Å²) in [6.07, 6.45) is 1.02. The Labute approximate surface area is 148 Å². The number of carboxylic acid groups (broad SMARTS) is 1. The summed E-state index contributed by atoms with van der Waals surface area (Å²) in [7, 11) is 0. The maximum Gasteiger partial charge on any atom is 0.306 e. The van der Waals surface area contributed by atoms with Crippen LogP contribution >= 0.6 is 0 Å². The number of hydrogen-bond donors (Lipinski definition) is 1. The maximum atomic E-state index is 13.6. The van der Waals surface area contributed by atoms with Crippen LogP contribution in [0.1, 0.15) is 25.7 Å². The van der Waals surface area contributed by atoms with E-state index in [4.69, 9.17) is 9.47 Å². The van der Waals surface area contributed by atoms with Crippen molar-refractivity contribution in [2.75, 3.05) is 24.7 Å². The standard InChI is InChI=1S/C18H19F2NO5/c19-12-5-13(20)7-14(6-12)21-2-1-17(16(21)24)8-11(15(22)23)9-18(10-17)25-3-4-26-18/h5-7,11H,1-4,8-10H2,(H,22,23). The van der Waals surface area contributed by atoms with Crippen LogP contribution in [0, 0.1) is 23.0 Å². The lowest BCUT2D eigenvalue weighted by Gasteiger charge is -2.44. The summed E-state index contributed by atoms with van der Waals surface area (Å²) in [5, 5.41) is 9.53. The quantitative estimate of drug-likeness (QED) is 0.868. The molecule has 140 valence electrons. The summed E-state index contributed by atoms with van der Waals surface area (Å²) < 4.78 is 38.5. The van der Waals surface area contributed by atoms with Crippen molar-refractivity contribution in [2.45, 2.75) is 31.5 Å². The van der Waals surface area contributed by atoms with Crippen molar-refractivity contribution in [3.63, 3.8) is 0 Å². The molecule has 3 aliphatic rings. The third-order valence-electron chi connectivity index (χ3n) is 5.64. The predicted molar refractivity (Wildman–Crippen MR) is 85.4 cm³/mol. The average molecular weight is 367 g/mol. The monoisotopic (exact) mass is 367 g/mol. The lowest BCUT2D eigenvalue weighted by Crippen LogP contribution is -2.50. The van der Waals surface area contributed by atoms with Crippen molar-refractivity contribution in [1.29, 1.82) is 0 Å². The highest BCUT2D eigenvalue weighted by atomic mass is 19.1. The Morgan fingerprint density at radius 1 is 1.15 bits per heavy atom. The van der Waals surface area contributed by atoms with Gasteiger partial charge in [-0.25, -0.2) is 8.78 Å². The maximum absolute atomic E-state index is 13.6. The fraction of sp³-hybridized carbons (Fsp3) is 0.556. The number of amides is 1. The first kappa shape index (κ1) is 17.4. The van der Waals surface area contributed by atoms with Gasteiger partial charge in [-0.3, -0.25) is 9.59 Å². The van der Waals surface area contributed by atoms with Crippen LogP contribution in [0.4, 0.5) is 14.5 Å². The van der Waals surface area contributed by atoms with Gasteiger partial charge in [-0.05, 0) is 25.0 Å². The molecule has 0 bridgehead atoms. The molecule has 1 N–H and O–H groups in total.